The maximum absolute atomic E-state index is 4.47. The maximum atomic E-state index is 4.47. The van der Waals surface area contributed by atoms with E-state index in [2.05, 4.69) is 179 Å². The number of piperidine rings is 1. The molecule has 0 bridgehead atoms. The Balaban J connectivity index is 0.000000953. The van der Waals surface area contributed by atoms with E-state index in [9.17, 15) is 0 Å². The lowest BCUT2D eigenvalue weighted by Crippen LogP contribution is -2.37. The quantitative estimate of drug-likeness (QED) is 0.148. The maximum Gasteiger partial charge on any atom is 0.0572 e. The standard InChI is InChI=1S/C16H25N.3C15H24N2.4C2H6.CH4/c1-16(2,3)15-9-11-17(12-10-15)13-14-7-5-4-6-8-14;1-12-6-8-15(9-7-12)17(3)13(2)14-5-4-10-16-11-14;2*1-12-7-9-14(10-8-12)17(3)13(2)15-6-4-5-11-16-15;4*1-2;/h4-8,15H,9-13H2,1-3H3;4-5,10-13,15H,6-9H2,1-3H3;2*4-6,11-14H,7-10H2,1-3H3;4*1-2H3;1H4. The van der Waals surface area contributed by atoms with Crippen LogP contribution in [0.1, 0.15) is 256 Å². The molecule has 7 heteroatoms. The highest BCUT2D eigenvalue weighted by Crippen LogP contribution is 2.36. The van der Waals surface area contributed by atoms with Crippen molar-refractivity contribution in [3.8, 4) is 0 Å². The lowest BCUT2D eigenvalue weighted by Gasteiger charge is -2.38. The highest BCUT2D eigenvalue weighted by atomic mass is 15.2. The van der Waals surface area contributed by atoms with Crippen LogP contribution in [-0.4, -0.2) is 86.9 Å². The molecule has 1 aromatic carbocycles. The summed E-state index contributed by atoms with van der Waals surface area (Å²) in [6.07, 6.45) is 26.7. The molecule has 4 aliphatic rings. The van der Waals surface area contributed by atoms with Crippen LogP contribution in [0.5, 0.6) is 0 Å². The van der Waals surface area contributed by atoms with E-state index >= 15 is 0 Å². The van der Waals surface area contributed by atoms with Crippen LogP contribution in [0.15, 0.2) is 104 Å². The summed E-state index contributed by atoms with van der Waals surface area (Å²) in [5, 5.41) is 0. The number of aromatic nitrogens is 3. The van der Waals surface area contributed by atoms with Gasteiger partial charge in [0, 0.05) is 67.6 Å². The first-order chi connectivity index (χ1) is 36.6. The average Bonchev–Trinajstić information content (AvgIpc) is 3.48. The lowest BCUT2D eigenvalue weighted by molar-refractivity contribution is 0.108. The fourth-order valence-electron chi connectivity index (χ4n) is 11.2. The first-order valence-corrected chi connectivity index (χ1v) is 31.2. The molecule has 3 aromatic heterocycles. The Hall–Kier alpha value is -3.49. The van der Waals surface area contributed by atoms with Gasteiger partial charge in [-0.25, -0.2) is 0 Å². The molecule has 8 rings (SSSR count). The van der Waals surface area contributed by atoms with E-state index in [4.69, 9.17) is 0 Å². The topological polar surface area (TPSA) is 51.6 Å². The van der Waals surface area contributed by atoms with Crippen molar-refractivity contribution in [3.63, 3.8) is 0 Å². The second-order valence-electron chi connectivity index (χ2n) is 23.0. The molecule has 440 valence electrons. The van der Waals surface area contributed by atoms with Crippen molar-refractivity contribution in [1.29, 1.82) is 0 Å². The molecule has 3 atom stereocenters. The molecule has 1 aliphatic heterocycles. The van der Waals surface area contributed by atoms with Crippen molar-refractivity contribution in [2.75, 3.05) is 34.2 Å². The van der Waals surface area contributed by atoms with E-state index < -0.39 is 0 Å². The van der Waals surface area contributed by atoms with E-state index in [1.54, 1.807) is 0 Å². The van der Waals surface area contributed by atoms with Gasteiger partial charge in [-0.2, -0.15) is 0 Å². The van der Waals surface area contributed by atoms with Crippen molar-refractivity contribution >= 4 is 0 Å². The van der Waals surface area contributed by atoms with Crippen LogP contribution >= 0.6 is 0 Å². The second-order valence-corrected chi connectivity index (χ2v) is 23.0. The molecule has 7 nitrogen and oxygen atoms in total. The molecule has 4 heterocycles. The number of rotatable bonds is 11. The van der Waals surface area contributed by atoms with Crippen molar-refractivity contribution in [2.45, 2.75) is 258 Å². The minimum atomic E-state index is 0. The van der Waals surface area contributed by atoms with Crippen LogP contribution in [0.4, 0.5) is 0 Å². The van der Waals surface area contributed by atoms with E-state index in [1.807, 2.05) is 98.4 Å². The summed E-state index contributed by atoms with van der Waals surface area (Å²) in [5.41, 5.74) is 5.64. The molecule has 0 spiro atoms. The second kappa shape index (κ2) is 42.4. The van der Waals surface area contributed by atoms with Gasteiger partial charge in [0.25, 0.3) is 0 Å². The van der Waals surface area contributed by atoms with Gasteiger partial charge in [-0.1, -0.05) is 153 Å². The molecule has 4 aromatic rings. The SMILES string of the molecule is C.CC.CC.CC.CC.CC(C)(C)C1CCN(Cc2ccccc2)CC1.CC1CCC(N(C)C(C)c2ccccn2)CC1.CC1CCC(N(C)C(C)c2ccccn2)CC1.CC1CCC(N(C)C(C)c2cccnc2)CC1. The third-order valence-corrected chi connectivity index (χ3v) is 17.0. The molecule has 4 fully saturated rings. The third kappa shape index (κ3) is 27.5. The predicted octanol–water partition coefficient (Wildman–Crippen LogP) is 19.6. The van der Waals surface area contributed by atoms with Crippen LogP contribution in [-0.2, 0) is 6.54 Å². The zero-order valence-corrected chi connectivity index (χ0v) is 53.2. The summed E-state index contributed by atoms with van der Waals surface area (Å²) >= 11 is 0. The molecule has 77 heavy (non-hydrogen) atoms. The molecule has 3 aliphatic carbocycles. The predicted molar refractivity (Wildman–Crippen MR) is 342 cm³/mol. The Morgan fingerprint density at radius 3 is 1.16 bits per heavy atom. The number of likely N-dealkylation sites (tertiary alicyclic amines) is 1. The van der Waals surface area contributed by atoms with Gasteiger partial charge >= 0.3 is 0 Å². The summed E-state index contributed by atoms with van der Waals surface area (Å²) in [4.78, 5) is 23.3. The Morgan fingerprint density at radius 2 is 0.831 bits per heavy atom. The number of nitrogens with zero attached hydrogens (tertiary/aromatic N) is 7. The fourth-order valence-corrected chi connectivity index (χ4v) is 11.2. The first-order valence-electron chi connectivity index (χ1n) is 31.2. The van der Waals surface area contributed by atoms with Crippen molar-refractivity contribution in [2.24, 2.45) is 29.1 Å². The zero-order chi connectivity index (χ0) is 57.1. The Bertz CT molecular complexity index is 1710. The molecule has 1 saturated heterocycles. The third-order valence-electron chi connectivity index (χ3n) is 17.0. The molecule has 0 amide bonds. The molecule has 3 saturated carbocycles. The van der Waals surface area contributed by atoms with Crippen molar-refractivity contribution in [3.05, 3.63) is 126 Å². The van der Waals surface area contributed by atoms with Gasteiger partial charge in [0.2, 0.25) is 0 Å². The Kier molecular flexibility index (Phi) is 40.5. The number of hydrogen-bond donors (Lipinski definition) is 0. The Labute approximate surface area is 479 Å². The molecular weight excluding hydrogens is 939 g/mol. The van der Waals surface area contributed by atoms with Crippen LogP contribution in [0, 0.1) is 29.1 Å². The van der Waals surface area contributed by atoms with E-state index in [0.29, 0.717) is 23.5 Å². The lowest BCUT2D eigenvalue weighted by atomic mass is 9.75. The summed E-state index contributed by atoms with van der Waals surface area (Å²) in [5.74, 6) is 3.66. The highest BCUT2D eigenvalue weighted by Gasteiger charge is 2.30. The fraction of sp³-hybridized carbons (Fsp3) is 0.700. The Morgan fingerprint density at radius 1 is 0.468 bits per heavy atom. The van der Waals surface area contributed by atoms with Gasteiger partial charge in [-0.05, 0) is 215 Å². The minimum Gasteiger partial charge on any atom is -0.299 e. The number of benzene rings is 1. The first kappa shape index (κ1) is 73.5. The largest absolute Gasteiger partial charge is 0.299 e. The summed E-state index contributed by atoms with van der Waals surface area (Å²) < 4.78 is 0. The summed E-state index contributed by atoms with van der Waals surface area (Å²) in [6, 6.07) is 31.0. The van der Waals surface area contributed by atoms with Crippen LogP contribution in [0.25, 0.3) is 0 Å². The van der Waals surface area contributed by atoms with Gasteiger partial charge in [0.1, 0.15) is 0 Å². The monoisotopic (exact) mass is 1060 g/mol. The molecule has 0 N–H and O–H groups in total. The van der Waals surface area contributed by atoms with Gasteiger partial charge in [0.15, 0.2) is 0 Å². The van der Waals surface area contributed by atoms with Gasteiger partial charge in [0.05, 0.1) is 11.4 Å². The average molecular weight is 1060 g/mol. The van der Waals surface area contributed by atoms with E-state index in [1.165, 1.54) is 125 Å². The zero-order valence-electron chi connectivity index (χ0n) is 53.2. The molecule has 3 unspecified atom stereocenters. The number of hydrogen-bond acceptors (Lipinski definition) is 7. The van der Waals surface area contributed by atoms with Crippen LogP contribution < -0.4 is 0 Å². The molecule has 0 radical (unpaired) electrons. The van der Waals surface area contributed by atoms with Gasteiger partial charge in [-0.15, -0.1) is 0 Å². The normalized spacial score (nSPS) is 22.5. The van der Waals surface area contributed by atoms with Crippen LogP contribution in [0.3, 0.4) is 0 Å². The number of pyridine rings is 3. The van der Waals surface area contributed by atoms with Crippen LogP contribution in [0.2, 0.25) is 0 Å². The van der Waals surface area contributed by atoms with E-state index in [-0.39, 0.29) is 7.43 Å². The van der Waals surface area contributed by atoms with Gasteiger partial charge < -0.3 is 0 Å². The van der Waals surface area contributed by atoms with Gasteiger partial charge in [-0.3, -0.25) is 34.6 Å². The van der Waals surface area contributed by atoms with Crippen molar-refractivity contribution < 1.29 is 0 Å². The van der Waals surface area contributed by atoms with Crippen molar-refractivity contribution in [1.82, 2.24) is 34.6 Å². The van der Waals surface area contributed by atoms with E-state index in [0.717, 1.165) is 48.3 Å². The summed E-state index contributed by atoms with van der Waals surface area (Å²) in [6.45, 7) is 40.7. The molecular formula is C70H125N7. The summed E-state index contributed by atoms with van der Waals surface area (Å²) in [7, 11) is 6.76. The highest BCUT2D eigenvalue weighted by molar-refractivity contribution is 5.15. The smallest absolute Gasteiger partial charge is 0.0572 e. The minimum absolute atomic E-state index is 0.